The highest BCUT2D eigenvalue weighted by molar-refractivity contribution is 5.67. The Bertz CT molecular complexity index is 880. The molecule has 0 bridgehead atoms. The van der Waals surface area contributed by atoms with Crippen molar-refractivity contribution in [3.05, 3.63) is 11.6 Å². The first-order valence-electron chi connectivity index (χ1n) is 17.4. The Balaban J connectivity index is 1.31. The normalized spacial score (nSPS) is 36.3. The highest BCUT2D eigenvalue weighted by Gasteiger charge is 2.59. The second kappa shape index (κ2) is 13.1. The van der Waals surface area contributed by atoms with E-state index in [9.17, 15) is 4.79 Å². The Labute approximate surface area is 248 Å². The van der Waals surface area contributed by atoms with Crippen LogP contribution in [0.3, 0.4) is 0 Å². The van der Waals surface area contributed by atoms with Gasteiger partial charge in [0.25, 0.3) is 0 Å². The third kappa shape index (κ3) is 6.95. The molecule has 230 valence electrons. The summed E-state index contributed by atoms with van der Waals surface area (Å²) >= 11 is 0. The molecule has 0 radical (unpaired) electrons. The largest absolute Gasteiger partial charge is 0.446 e. The van der Waals surface area contributed by atoms with Crippen molar-refractivity contribution >= 4 is 6.09 Å². The molecule has 4 heteroatoms. The zero-order valence-electron chi connectivity index (χ0n) is 27.7. The van der Waals surface area contributed by atoms with Crippen LogP contribution in [-0.4, -0.2) is 50.4 Å². The number of hydrogen-bond acceptors (Lipinski definition) is 2. The van der Waals surface area contributed by atoms with Crippen LogP contribution in [0.4, 0.5) is 4.79 Å². The van der Waals surface area contributed by atoms with E-state index in [1.807, 2.05) is 0 Å². The summed E-state index contributed by atoms with van der Waals surface area (Å²) in [6, 6.07) is 0. The summed E-state index contributed by atoms with van der Waals surface area (Å²) in [4.78, 5) is 12.7. The van der Waals surface area contributed by atoms with Crippen LogP contribution in [0.2, 0.25) is 0 Å². The zero-order valence-corrected chi connectivity index (χ0v) is 27.7. The molecular formula is C36H65N2O2+. The minimum Gasteiger partial charge on any atom is -0.446 e. The Morgan fingerprint density at radius 3 is 2.52 bits per heavy atom. The quantitative estimate of drug-likeness (QED) is 0.192. The van der Waals surface area contributed by atoms with E-state index >= 15 is 0 Å². The fourth-order valence-electron chi connectivity index (χ4n) is 10.1. The number of hydrogen-bond donors (Lipinski definition) is 1. The van der Waals surface area contributed by atoms with Crippen molar-refractivity contribution < 1.29 is 14.0 Å². The fourth-order valence-corrected chi connectivity index (χ4v) is 10.1. The number of rotatable bonds is 12. The number of allylic oxidation sites excluding steroid dienone is 1. The Morgan fingerprint density at radius 1 is 1.02 bits per heavy atom. The molecule has 0 heterocycles. The molecule has 4 aliphatic rings. The van der Waals surface area contributed by atoms with Gasteiger partial charge in [0.15, 0.2) is 0 Å². The third-order valence-electron chi connectivity index (χ3n) is 12.6. The number of likely N-dealkylation sites (N-methyl/N-ethyl adjacent to an activating group) is 1. The molecule has 8 atom stereocenters. The first-order valence-corrected chi connectivity index (χ1v) is 17.4. The van der Waals surface area contributed by atoms with Crippen molar-refractivity contribution in [2.75, 3.05) is 33.7 Å². The van der Waals surface area contributed by atoms with Crippen molar-refractivity contribution in [3.63, 3.8) is 0 Å². The fraction of sp³-hybridized carbons (Fsp3) is 0.917. The second-order valence-electron chi connectivity index (χ2n) is 16.2. The minimum absolute atomic E-state index is 0.0369. The van der Waals surface area contributed by atoms with E-state index in [0.717, 1.165) is 65.9 Å². The molecule has 0 aromatic rings. The van der Waals surface area contributed by atoms with E-state index in [1.165, 1.54) is 70.6 Å². The zero-order chi connectivity index (χ0) is 29.1. The lowest BCUT2D eigenvalue weighted by atomic mass is 9.47. The van der Waals surface area contributed by atoms with Gasteiger partial charge in [0.2, 0.25) is 0 Å². The van der Waals surface area contributed by atoms with Gasteiger partial charge in [-0.05, 0) is 97.7 Å². The number of nitrogens with zero attached hydrogens (tertiary/aromatic N) is 1. The van der Waals surface area contributed by atoms with Crippen molar-refractivity contribution in [3.8, 4) is 0 Å². The molecule has 0 spiro atoms. The highest BCUT2D eigenvalue weighted by Crippen LogP contribution is 2.67. The van der Waals surface area contributed by atoms with Crippen molar-refractivity contribution in [2.45, 2.75) is 131 Å². The lowest BCUT2D eigenvalue weighted by Crippen LogP contribution is -2.51. The van der Waals surface area contributed by atoms with E-state index in [2.05, 4.69) is 67.0 Å². The van der Waals surface area contributed by atoms with Gasteiger partial charge in [0, 0.05) is 6.42 Å². The van der Waals surface area contributed by atoms with Gasteiger partial charge in [-0.25, -0.2) is 4.79 Å². The summed E-state index contributed by atoms with van der Waals surface area (Å²) in [5.41, 5.74) is 2.46. The van der Waals surface area contributed by atoms with Gasteiger partial charge < -0.3 is 14.5 Å². The summed E-state index contributed by atoms with van der Waals surface area (Å²) in [6.45, 7) is 17.6. The maximum absolute atomic E-state index is 12.7. The molecular weight excluding hydrogens is 492 g/mol. The Kier molecular flexibility index (Phi) is 10.4. The molecule has 0 saturated heterocycles. The molecule has 40 heavy (non-hydrogen) atoms. The first kappa shape index (κ1) is 31.9. The van der Waals surface area contributed by atoms with Crippen molar-refractivity contribution in [1.29, 1.82) is 0 Å². The maximum atomic E-state index is 12.7. The topological polar surface area (TPSA) is 38.3 Å². The Hall–Kier alpha value is -1.03. The van der Waals surface area contributed by atoms with Crippen LogP contribution in [0.5, 0.6) is 0 Å². The number of fused-ring (bicyclic) bond motifs is 5. The van der Waals surface area contributed by atoms with Gasteiger partial charge in [-0.2, -0.15) is 0 Å². The predicted octanol–water partition coefficient (Wildman–Crippen LogP) is 9.00. The monoisotopic (exact) mass is 558 g/mol. The van der Waals surface area contributed by atoms with Crippen LogP contribution in [-0.2, 0) is 4.74 Å². The molecule has 1 N–H and O–H groups in total. The van der Waals surface area contributed by atoms with Gasteiger partial charge in [-0.15, -0.1) is 0 Å². The van der Waals surface area contributed by atoms with Gasteiger partial charge >= 0.3 is 6.09 Å². The minimum atomic E-state index is -0.216. The SMILES string of the molecule is CCCC[N+](C)(C)CCNC(=O)OC1CC[C@@]2(C)C(=CC[C@H]3[C@@H]4CC[C@H]([C@H](C)CCCC(C)C)[C@@]4(C)CC[C@@H]32)C1. The smallest absolute Gasteiger partial charge is 0.407 e. The lowest BCUT2D eigenvalue weighted by molar-refractivity contribution is -0.889. The highest BCUT2D eigenvalue weighted by atomic mass is 16.6. The van der Waals surface area contributed by atoms with Crippen LogP contribution >= 0.6 is 0 Å². The van der Waals surface area contributed by atoms with Gasteiger partial charge in [0.05, 0.1) is 33.7 Å². The predicted molar refractivity (Wildman–Crippen MR) is 168 cm³/mol. The van der Waals surface area contributed by atoms with Crippen LogP contribution in [0.1, 0.15) is 125 Å². The van der Waals surface area contributed by atoms with Crippen LogP contribution in [0, 0.1) is 46.3 Å². The van der Waals surface area contributed by atoms with E-state index in [-0.39, 0.29) is 12.2 Å². The van der Waals surface area contributed by atoms with E-state index < -0.39 is 0 Å². The number of quaternary nitrogens is 1. The third-order valence-corrected chi connectivity index (χ3v) is 12.6. The van der Waals surface area contributed by atoms with Crippen molar-refractivity contribution in [2.24, 2.45) is 46.3 Å². The van der Waals surface area contributed by atoms with E-state index in [1.54, 1.807) is 5.57 Å². The van der Waals surface area contributed by atoms with Crippen LogP contribution in [0.25, 0.3) is 0 Å². The maximum Gasteiger partial charge on any atom is 0.407 e. The number of carbonyl (C=O) groups is 1. The number of unbranched alkanes of at least 4 members (excludes halogenated alkanes) is 1. The average molecular weight is 558 g/mol. The van der Waals surface area contributed by atoms with Gasteiger partial charge in [-0.3, -0.25) is 0 Å². The molecule has 1 amide bonds. The number of alkyl carbamates (subject to hydrolysis) is 1. The number of carbonyl (C=O) groups excluding carboxylic acids is 1. The Morgan fingerprint density at radius 2 is 1.80 bits per heavy atom. The average Bonchev–Trinajstić information content (AvgIpc) is 3.24. The molecule has 4 aliphatic carbocycles. The van der Waals surface area contributed by atoms with Crippen molar-refractivity contribution in [1.82, 2.24) is 5.32 Å². The second-order valence-corrected chi connectivity index (χ2v) is 16.2. The molecule has 0 aromatic heterocycles. The molecule has 3 saturated carbocycles. The number of ether oxygens (including phenoxy) is 1. The van der Waals surface area contributed by atoms with Gasteiger partial charge in [-0.1, -0.05) is 78.9 Å². The molecule has 0 aliphatic heterocycles. The van der Waals surface area contributed by atoms with Crippen LogP contribution in [0.15, 0.2) is 11.6 Å². The van der Waals surface area contributed by atoms with Gasteiger partial charge in [0.1, 0.15) is 6.10 Å². The summed E-state index contributed by atoms with van der Waals surface area (Å²) < 4.78 is 6.94. The summed E-state index contributed by atoms with van der Waals surface area (Å²) in [6.07, 6.45) is 19.2. The van der Waals surface area contributed by atoms with E-state index in [4.69, 9.17) is 4.74 Å². The summed E-state index contributed by atoms with van der Waals surface area (Å²) in [5.74, 6) is 5.20. The summed E-state index contributed by atoms with van der Waals surface area (Å²) in [7, 11) is 4.50. The van der Waals surface area contributed by atoms with E-state index in [0.29, 0.717) is 17.4 Å². The summed E-state index contributed by atoms with van der Waals surface area (Å²) in [5, 5.41) is 3.05. The number of nitrogens with one attached hydrogen (secondary N) is 1. The molecule has 3 fully saturated rings. The molecule has 0 aromatic carbocycles. The molecule has 4 rings (SSSR count). The first-order chi connectivity index (χ1) is 18.9. The van der Waals surface area contributed by atoms with Crippen LogP contribution < -0.4 is 5.32 Å². The number of amides is 1. The lowest BCUT2D eigenvalue weighted by Gasteiger charge is -2.58. The molecule has 1 unspecified atom stereocenters. The molecule has 4 nitrogen and oxygen atoms in total. The standard InChI is InChI=1S/C36H64N2O2/c1-9-10-23-38(7,8)24-22-37-34(39)40-29-18-20-35(5)28(25-29)14-15-30-32-17-16-31(27(4)13-11-12-26(2)3)36(32,6)21-19-33(30)35/h14,26-27,29-33H,9-13,15-25H2,1-8H3/p+1/t27-,29?,30+,31-,32+,33+,35+,36-/m1/s1.